The third kappa shape index (κ3) is 3.25. The van der Waals surface area contributed by atoms with Gasteiger partial charge in [0.05, 0.1) is 18.8 Å². The standard InChI is InChI=1S/C24H26ClNO4/c1-28-20-7-3-2-5-17(20)23(27)26-12-10-24(11-13-26)19-6-4-14-29-22(19)18-15-16(25)8-9-21(18)30-24/h2-3,5,7-9,15,19,22H,4,6,10-14H2,1H3/t19-,22+/m0/s1. The number of hydrogen-bond donors (Lipinski definition) is 0. The SMILES string of the molecule is COc1ccccc1C(=O)N1CCC2(CC1)Oc1ccc(Cl)cc1[C@H]1OCCC[C@@H]12. The molecule has 3 aliphatic rings. The average molecular weight is 428 g/mol. The molecule has 30 heavy (non-hydrogen) atoms. The highest BCUT2D eigenvalue weighted by Gasteiger charge is 2.52. The highest BCUT2D eigenvalue weighted by Crippen LogP contribution is 2.53. The van der Waals surface area contributed by atoms with Crippen molar-refractivity contribution in [2.45, 2.75) is 37.4 Å². The molecule has 3 aliphatic heterocycles. The van der Waals surface area contributed by atoms with Gasteiger partial charge in [0.25, 0.3) is 5.91 Å². The zero-order valence-electron chi connectivity index (χ0n) is 17.1. The molecule has 2 atom stereocenters. The lowest BCUT2D eigenvalue weighted by atomic mass is 9.70. The van der Waals surface area contributed by atoms with Crippen LogP contribution < -0.4 is 9.47 Å². The van der Waals surface area contributed by atoms with Gasteiger partial charge in [0, 0.05) is 49.0 Å². The first-order valence-electron chi connectivity index (χ1n) is 10.6. The van der Waals surface area contributed by atoms with E-state index in [-0.39, 0.29) is 23.5 Å². The Balaban J connectivity index is 1.39. The van der Waals surface area contributed by atoms with Gasteiger partial charge in [-0.2, -0.15) is 0 Å². The van der Waals surface area contributed by atoms with E-state index in [1.807, 2.05) is 47.4 Å². The summed E-state index contributed by atoms with van der Waals surface area (Å²) in [7, 11) is 1.60. The van der Waals surface area contributed by atoms with E-state index in [0.717, 1.165) is 43.6 Å². The number of nitrogens with zero attached hydrogens (tertiary/aromatic N) is 1. The summed E-state index contributed by atoms with van der Waals surface area (Å²) in [5.74, 6) is 1.78. The molecule has 5 nitrogen and oxygen atoms in total. The second-order valence-electron chi connectivity index (χ2n) is 8.38. The number of hydrogen-bond acceptors (Lipinski definition) is 4. The molecule has 0 saturated carbocycles. The third-order valence-electron chi connectivity index (χ3n) is 6.82. The normalized spacial score (nSPS) is 24.5. The van der Waals surface area contributed by atoms with Crippen LogP contribution in [0.4, 0.5) is 0 Å². The van der Waals surface area contributed by atoms with Crippen LogP contribution in [0.3, 0.4) is 0 Å². The number of fused-ring (bicyclic) bond motifs is 4. The van der Waals surface area contributed by atoms with Crippen LogP contribution in [-0.2, 0) is 4.74 Å². The van der Waals surface area contributed by atoms with Crippen molar-refractivity contribution in [3.63, 3.8) is 0 Å². The predicted molar refractivity (Wildman–Crippen MR) is 114 cm³/mol. The molecule has 0 N–H and O–H groups in total. The van der Waals surface area contributed by atoms with E-state index >= 15 is 0 Å². The largest absolute Gasteiger partial charge is 0.496 e. The Bertz CT molecular complexity index is 954. The van der Waals surface area contributed by atoms with Gasteiger partial charge in [0.2, 0.25) is 0 Å². The number of piperidine rings is 1. The number of likely N-dealkylation sites (tertiary alicyclic amines) is 1. The number of carbonyl (C=O) groups is 1. The smallest absolute Gasteiger partial charge is 0.257 e. The van der Waals surface area contributed by atoms with Gasteiger partial charge in [-0.3, -0.25) is 4.79 Å². The van der Waals surface area contributed by atoms with Gasteiger partial charge in [-0.15, -0.1) is 0 Å². The van der Waals surface area contributed by atoms with E-state index in [4.69, 9.17) is 25.8 Å². The summed E-state index contributed by atoms with van der Waals surface area (Å²) in [6.07, 6.45) is 3.70. The van der Waals surface area contributed by atoms with Crippen LogP contribution >= 0.6 is 11.6 Å². The summed E-state index contributed by atoms with van der Waals surface area (Å²) < 4.78 is 18.3. The summed E-state index contributed by atoms with van der Waals surface area (Å²) in [5, 5.41) is 0.707. The molecule has 158 valence electrons. The Morgan fingerprint density at radius 3 is 2.80 bits per heavy atom. The van der Waals surface area contributed by atoms with Crippen molar-refractivity contribution >= 4 is 17.5 Å². The third-order valence-corrected chi connectivity index (χ3v) is 7.06. The first kappa shape index (κ1) is 19.7. The van der Waals surface area contributed by atoms with Gasteiger partial charge in [-0.1, -0.05) is 23.7 Å². The van der Waals surface area contributed by atoms with E-state index < -0.39 is 0 Å². The van der Waals surface area contributed by atoms with Gasteiger partial charge in [0.1, 0.15) is 17.1 Å². The number of para-hydroxylation sites is 1. The van der Waals surface area contributed by atoms with Crippen molar-refractivity contribution in [3.8, 4) is 11.5 Å². The molecule has 0 aromatic heterocycles. The minimum Gasteiger partial charge on any atom is -0.496 e. The number of carbonyl (C=O) groups excluding carboxylic acids is 1. The minimum atomic E-state index is -0.302. The maximum atomic E-state index is 13.1. The van der Waals surface area contributed by atoms with Gasteiger partial charge in [0.15, 0.2) is 0 Å². The van der Waals surface area contributed by atoms with Crippen molar-refractivity contribution in [1.29, 1.82) is 0 Å². The van der Waals surface area contributed by atoms with Gasteiger partial charge in [-0.05, 0) is 43.2 Å². The van der Waals surface area contributed by atoms with E-state index in [2.05, 4.69) is 0 Å². The van der Waals surface area contributed by atoms with Crippen LogP contribution in [0.15, 0.2) is 42.5 Å². The topological polar surface area (TPSA) is 48.0 Å². The van der Waals surface area contributed by atoms with E-state index in [0.29, 0.717) is 29.4 Å². The van der Waals surface area contributed by atoms with E-state index in [1.165, 1.54) is 0 Å². The molecule has 2 aromatic carbocycles. The number of methoxy groups -OCH3 is 1. The summed E-state index contributed by atoms with van der Waals surface area (Å²) in [5.41, 5.74) is 1.37. The molecule has 1 amide bonds. The van der Waals surface area contributed by atoms with Crippen molar-refractivity contribution in [2.75, 3.05) is 26.8 Å². The first-order chi connectivity index (χ1) is 14.6. The second-order valence-corrected chi connectivity index (χ2v) is 8.82. The molecule has 3 heterocycles. The fourth-order valence-electron chi connectivity index (χ4n) is 5.31. The fourth-order valence-corrected chi connectivity index (χ4v) is 5.49. The number of ether oxygens (including phenoxy) is 3. The maximum Gasteiger partial charge on any atom is 0.257 e. The fraction of sp³-hybridized carbons (Fsp3) is 0.458. The monoisotopic (exact) mass is 427 g/mol. The maximum absolute atomic E-state index is 13.1. The molecule has 2 aromatic rings. The van der Waals surface area contributed by atoms with Crippen LogP contribution in [-0.4, -0.2) is 43.2 Å². The zero-order valence-corrected chi connectivity index (χ0v) is 17.9. The molecular formula is C24H26ClNO4. The van der Waals surface area contributed by atoms with Crippen LogP contribution in [0, 0.1) is 5.92 Å². The molecule has 5 rings (SSSR count). The summed E-state index contributed by atoms with van der Waals surface area (Å²) in [4.78, 5) is 15.1. The molecule has 0 unspecified atom stereocenters. The van der Waals surface area contributed by atoms with Crippen LogP contribution in [0.5, 0.6) is 11.5 Å². The summed E-state index contributed by atoms with van der Waals surface area (Å²) >= 11 is 6.26. The molecule has 2 fully saturated rings. The van der Waals surface area contributed by atoms with Gasteiger partial charge in [-0.25, -0.2) is 0 Å². The lowest BCUT2D eigenvalue weighted by Crippen LogP contribution is -2.57. The van der Waals surface area contributed by atoms with Crippen molar-refractivity contribution in [2.24, 2.45) is 5.92 Å². The van der Waals surface area contributed by atoms with Crippen molar-refractivity contribution in [1.82, 2.24) is 4.90 Å². The molecule has 0 radical (unpaired) electrons. The minimum absolute atomic E-state index is 0.0117. The first-order valence-corrected chi connectivity index (χ1v) is 11.0. The van der Waals surface area contributed by atoms with Crippen LogP contribution in [0.25, 0.3) is 0 Å². The summed E-state index contributed by atoms with van der Waals surface area (Å²) in [6.45, 7) is 2.08. The Morgan fingerprint density at radius 1 is 1.20 bits per heavy atom. The Hall–Kier alpha value is -2.24. The average Bonchev–Trinajstić information content (AvgIpc) is 2.80. The number of halogens is 1. The predicted octanol–water partition coefficient (Wildman–Crippen LogP) is 4.88. The van der Waals surface area contributed by atoms with E-state index in [1.54, 1.807) is 7.11 Å². The molecule has 1 spiro atoms. The number of rotatable bonds is 2. The van der Waals surface area contributed by atoms with Gasteiger partial charge < -0.3 is 19.1 Å². The molecule has 0 aliphatic carbocycles. The molecule has 2 saturated heterocycles. The highest BCUT2D eigenvalue weighted by atomic mass is 35.5. The lowest BCUT2D eigenvalue weighted by Gasteiger charge is -2.53. The number of benzene rings is 2. The van der Waals surface area contributed by atoms with Crippen molar-refractivity contribution in [3.05, 3.63) is 58.6 Å². The zero-order chi connectivity index (χ0) is 20.7. The Morgan fingerprint density at radius 2 is 2.00 bits per heavy atom. The second kappa shape index (κ2) is 7.78. The van der Waals surface area contributed by atoms with Crippen LogP contribution in [0.2, 0.25) is 5.02 Å². The van der Waals surface area contributed by atoms with Gasteiger partial charge >= 0.3 is 0 Å². The highest BCUT2D eigenvalue weighted by molar-refractivity contribution is 6.30. The Labute approximate surface area is 181 Å². The lowest BCUT2D eigenvalue weighted by molar-refractivity contribution is -0.147. The van der Waals surface area contributed by atoms with Crippen LogP contribution in [0.1, 0.15) is 47.7 Å². The molecule has 6 heteroatoms. The number of amides is 1. The summed E-state index contributed by atoms with van der Waals surface area (Å²) in [6, 6.07) is 13.2. The molecular weight excluding hydrogens is 402 g/mol. The molecule has 0 bridgehead atoms. The quantitative estimate of drug-likeness (QED) is 0.685. The Kier molecular flexibility index (Phi) is 5.11. The van der Waals surface area contributed by atoms with E-state index in [9.17, 15) is 4.79 Å². The van der Waals surface area contributed by atoms with Crippen molar-refractivity contribution < 1.29 is 19.0 Å².